The van der Waals surface area contributed by atoms with E-state index in [0.717, 1.165) is 54.2 Å². The third-order valence-corrected chi connectivity index (χ3v) is 8.37. The third kappa shape index (κ3) is 5.63. The van der Waals surface area contributed by atoms with Crippen molar-refractivity contribution < 1.29 is 4.79 Å². The summed E-state index contributed by atoms with van der Waals surface area (Å²) in [6.07, 6.45) is 3.45. The summed E-state index contributed by atoms with van der Waals surface area (Å²) in [6.45, 7) is 1.69. The predicted octanol–water partition coefficient (Wildman–Crippen LogP) is 6.63. The zero-order chi connectivity index (χ0) is 27.5. The van der Waals surface area contributed by atoms with Crippen LogP contribution in [0.3, 0.4) is 0 Å². The molecule has 1 fully saturated rings. The number of aromatic nitrogens is 5. The Labute approximate surface area is 245 Å². The van der Waals surface area contributed by atoms with Crippen molar-refractivity contribution in [1.82, 2.24) is 24.7 Å². The summed E-state index contributed by atoms with van der Waals surface area (Å²) < 4.78 is 2.08. The number of piperidine rings is 1. The van der Waals surface area contributed by atoms with E-state index in [1.807, 2.05) is 48.5 Å². The van der Waals surface area contributed by atoms with Crippen molar-refractivity contribution in [3.05, 3.63) is 95.0 Å². The van der Waals surface area contributed by atoms with Gasteiger partial charge in [0.05, 0.1) is 22.0 Å². The number of carbonyl (C=O) groups is 1. The van der Waals surface area contributed by atoms with E-state index in [9.17, 15) is 4.79 Å². The summed E-state index contributed by atoms with van der Waals surface area (Å²) in [5, 5.41) is 14.6. The first kappa shape index (κ1) is 26.6. The van der Waals surface area contributed by atoms with Gasteiger partial charge in [0.25, 0.3) is 0 Å². The van der Waals surface area contributed by atoms with Crippen LogP contribution >= 0.6 is 35.0 Å². The second kappa shape index (κ2) is 11.8. The number of anilines is 2. The lowest BCUT2D eigenvalue weighted by Gasteiger charge is -2.33. The summed E-state index contributed by atoms with van der Waals surface area (Å²) in [7, 11) is 0. The van der Waals surface area contributed by atoms with Gasteiger partial charge in [-0.2, -0.15) is 0 Å². The Bertz CT molecular complexity index is 1650. The van der Waals surface area contributed by atoms with Crippen LogP contribution in [0.2, 0.25) is 10.0 Å². The maximum absolute atomic E-state index is 12.7. The Hall–Kier alpha value is -3.66. The standard InChI is InChI=1S/C29H25Cl2N7OS/c30-20-10-11-25(23(31)16-20)34-26(39)17-40-29-36-35-27(38(29)21-6-2-1-3-7-21)19-12-14-37(15-13-19)28-22-8-4-5-9-24(22)32-18-33-28/h1-11,16,18-19H,12-15,17H2,(H,34,39). The Balaban J connectivity index is 1.19. The fourth-order valence-electron chi connectivity index (χ4n) is 4.96. The molecular weight excluding hydrogens is 565 g/mol. The first-order chi connectivity index (χ1) is 19.6. The van der Waals surface area contributed by atoms with E-state index >= 15 is 0 Å². The summed E-state index contributed by atoms with van der Waals surface area (Å²) in [4.78, 5) is 24.1. The van der Waals surface area contributed by atoms with Crippen molar-refractivity contribution in [1.29, 1.82) is 0 Å². The molecule has 0 aliphatic carbocycles. The van der Waals surface area contributed by atoms with Gasteiger partial charge in [-0.25, -0.2) is 9.97 Å². The van der Waals surface area contributed by atoms with E-state index in [1.165, 1.54) is 11.8 Å². The van der Waals surface area contributed by atoms with Gasteiger partial charge in [0.15, 0.2) is 5.16 Å². The van der Waals surface area contributed by atoms with Crippen LogP contribution in [0.15, 0.2) is 84.3 Å². The van der Waals surface area contributed by atoms with Crippen LogP contribution in [0.5, 0.6) is 0 Å². The number of halogens is 2. The quantitative estimate of drug-likeness (QED) is 0.213. The van der Waals surface area contributed by atoms with Crippen molar-refractivity contribution >= 4 is 63.3 Å². The molecule has 8 nitrogen and oxygen atoms in total. The van der Waals surface area contributed by atoms with Crippen LogP contribution in [0.1, 0.15) is 24.6 Å². The van der Waals surface area contributed by atoms with Crippen LogP contribution < -0.4 is 10.2 Å². The van der Waals surface area contributed by atoms with Gasteiger partial charge in [0, 0.05) is 35.1 Å². The first-order valence-corrected chi connectivity index (χ1v) is 14.6. The number of benzene rings is 3. The summed E-state index contributed by atoms with van der Waals surface area (Å²) in [5.41, 5.74) is 2.43. The summed E-state index contributed by atoms with van der Waals surface area (Å²) in [6, 6.07) is 23.1. The molecule has 40 heavy (non-hydrogen) atoms. The molecular formula is C29H25Cl2N7OS. The molecule has 3 aromatic carbocycles. The van der Waals surface area contributed by atoms with Crippen molar-refractivity contribution in [2.24, 2.45) is 0 Å². The molecule has 0 spiro atoms. The van der Waals surface area contributed by atoms with Gasteiger partial charge in [-0.15, -0.1) is 10.2 Å². The largest absolute Gasteiger partial charge is 0.356 e. The van der Waals surface area contributed by atoms with Gasteiger partial charge in [-0.05, 0) is 55.3 Å². The monoisotopic (exact) mass is 589 g/mol. The van der Waals surface area contributed by atoms with E-state index in [2.05, 4.69) is 41.0 Å². The molecule has 0 bridgehead atoms. The molecule has 1 saturated heterocycles. The minimum Gasteiger partial charge on any atom is -0.356 e. The van der Waals surface area contributed by atoms with Crippen LogP contribution in [-0.2, 0) is 4.79 Å². The molecule has 1 aliphatic rings. The average molecular weight is 591 g/mol. The van der Waals surface area contributed by atoms with Crippen molar-refractivity contribution in [3.8, 4) is 5.69 Å². The maximum Gasteiger partial charge on any atom is 0.234 e. The van der Waals surface area contributed by atoms with Gasteiger partial charge >= 0.3 is 0 Å². The lowest BCUT2D eigenvalue weighted by molar-refractivity contribution is -0.113. The van der Waals surface area contributed by atoms with Crippen LogP contribution in [0.25, 0.3) is 16.6 Å². The number of hydrogen-bond donors (Lipinski definition) is 1. The Morgan fingerprint density at radius 3 is 2.52 bits per heavy atom. The van der Waals surface area contributed by atoms with Gasteiger partial charge in [0.1, 0.15) is 18.0 Å². The van der Waals surface area contributed by atoms with Crippen molar-refractivity contribution in [2.45, 2.75) is 23.9 Å². The van der Waals surface area contributed by atoms with E-state index in [-0.39, 0.29) is 17.6 Å². The number of nitrogens with one attached hydrogen (secondary N) is 1. The Morgan fingerprint density at radius 1 is 0.950 bits per heavy atom. The molecule has 0 unspecified atom stereocenters. The molecule has 1 amide bonds. The molecule has 1 aliphatic heterocycles. The van der Waals surface area contributed by atoms with Crippen LogP contribution in [0, 0.1) is 0 Å². The Kier molecular flexibility index (Phi) is 7.86. The molecule has 202 valence electrons. The number of hydrogen-bond acceptors (Lipinski definition) is 7. The van der Waals surface area contributed by atoms with Crippen LogP contribution in [-0.4, -0.2) is 49.5 Å². The van der Waals surface area contributed by atoms with Crippen molar-refractivity contribution in [2.75, 3.05) is 29.1 Å². The molecule has 1 N–H and O–H groups in total. The van der Waals surface area contributed by atoms with E-state index < -0.39 is 0 Å². The number of nitrogens with zero attached hydrogens (tertiary/aromatic N) is 6. The molecule has 5 aromatic rings. The maximum atomic E-state index is 12.7. The number of fused-ring (bicyclic) bond motifs is 1. The highest BCUT2D eigenvalue weighted by molar-refractivity contribution is 7.99. The highest BCUT2D eigenvalue weighted by atomic mass is 35.5. The minimum atomic E-state index is -0.191. The van der Waals surface area contributed by atoms with E-state index in [0.29, 0.717) is 20.9 Å². The third-order valence-electron chi connectivity index (χ3n) is 6.89. The van der Waals surface area contributed by atoms with Gasteiger partial charge < -0.3 is 10.2 Å². The van der Waals surface area contributed by atoms with Crippen molar-refractivity contribution in [3.63, 3.8) is 0 Å². The van der Waals surface area contributed by atoms with Gasteiger partial charge in [0.2, 0.25) is 5.91 Å². The first-order valence-electron chi connectivity index (χ1n) is 12.9. The molecule has 11 heteroatoms. The van der Waals surface area contributed by atoms with E-state index in [1.54, 1.807) is 24.5 Å². The fourth-order valence-corrected chi connectivity index (χ4v) is 6.17. The summed E-state index contributed by atoms with van der Waals surface area (Å²) >= 11 is 13.5. The topological polar surface area (TPSA) is 88.8 Å². The second-order valence-corrected chi connectivity index (χ2v) is 11.2. The average Bonchev–Trinajstić information content (AvgIpc) is 3.42. The zero-order valence-electron chi connectivity index (χ0n) is 21.4. The number of carbonyl (C=O) groups excluding carboxylic acids is 1. The Morgan fingerprint density at radius 2 is 1.73 bits per heavy atom. The summed E-state index contributed by atoms with van der Waals surface area (Å²) in [5.74, 6) is 2.05. The molecule has 3 heterocycles. The molecule has 0 saturated carbocycles. The number of para-hydroxylation sites is 2. The highest BCUT2D eigenvalue weighted by Gasteiger charge is 2.28. The highest BCUT2D eigenvalue weighted by Crippen LogP contribution is 2.34. The number of amides is 1. The predicted molar refractivity (Wildman–Crippen MR) is 161 cm³/mol. The molecule has 0 atom stereocenters. The lowest BCUT2D eigenvalue weighted by Crippen LogP contribution is -2.34. The number of rotatable bonds is 7. The van der Waals surface area contributed by atoms with Gasteiger partial charge in [-0.1, -0.05) is 65.3 Å². The lowest BCUT2D eigenvalue weighted by atomic mass is 9.95. The fraction of sp³-hybridized carbons (Fsp3) is 0.207. The minimum absolute atomic E-state index is 0.156. The van der Waals surface area contributed by atoms with Crippen LogP contribution in [0.4, 0.5) is 11.5 Å². The zero-order valence-corrected chi connectivity index (χ0v) is 23.7. The van der Waals surface area contributed by atoms with Gasteiger partial charge in [-0.3, -0.25) is 9.36 Å². The molecule has 0 radical (unpaired) electrons. The normalized spacial score (nSPS) is 14.0. The van der Waals surface area contributed by atoms with E-state index in [4.69, 9.17) is 23.2 Å². The molecule has 6 rings (SSSR count). The number of thioether (sulfide) groups is 1. The molecule has 2 aromatic heterocycles. The smallest absolute Gasteiger partial charge is 0.234 e. The SMILES string of the molecule is O=C(CSc1nnc(C2CCN(c3ncnc4ccccc34)CC2)n1-c1ccccc1)Nc1ccc(Cl)cc1Cl. The second-order valence-electron chi connectivity index (χ2n) is 9.45.